The van der Waals surface area contributed by atoms with Crippen molar-refractivity contribution < 1.29 is 5.11 Å². The van der Waals surface area contributed by atoms with E-state index < -0.39 is 5.85 Å². The molecule has 0 bridgehead atoms. The molecule has 0 aromatic heterocycles. The molecule has 0 aromatic rings. The number of guanidine groups is 1. The van der Waals surface area contributed by atoms with Gasteiger partial charge in [0.25, 0.3) is 0 Å². The SMILES string of the molecule is NC1=N[C@@](N)(O)C=CN1. The Morgan fingerprint density at radius 1 is 1.78 bits per heavy atom. The lowest BCUT2D eigenvalue weighted by atomic mass is 10.4. The lowest BCUT2D eigenvalue weighted by Gasteiger charge is -2.17. The molecule has 0 unspecified atom stereocenters. The van der Waals surface area contributed by atoms with Crippen molar-refractivity contribution in [1.29, 1.82) is 0 Å². The fourth-order valence-corrected chi connectivity index (χ4v) is 0.512. The van der Waals surface area contributed by atoms with Gasteiger partial charge in [-0.25, -0.2) is 0 Å². The van der Waals surface area contributed by atoms with E-state index in [2.05, 4.69) is 10.3 Å². The summed E-state index contributed by atoms with van der Waals surface area (Å²) in [4.78, 5) is 3.44. The molecule has 0 fully saturated rings. The molecule has 0 amide bonds. The molecule has 0 aliphatic carbocycles. The van der Waals surface area contributed by atoms with E-state index in [9.17, 15) is 0 Å². The van der Waals surface area contributed by atoms with Gasteiger partial charge < -0.3 is 16.2 Å². The third-order valence-corrected chi connectivity index (χ3v) is 0.859. The number of aliphatic hydroxyl groups is 1. The molecule has 5 heteroatoms. The van der Waals surface area contributed by atoms with Crippen LogP contribution in [0.15, 0.2) is 17.3 Å². The molecule has 9 heavy (non-hydrogen) atoms. The van der Waals surface area contributed by atoms with Crippen LogP contribution in [-0.2, 0) is 0 Å². The van der Waals surface area contributed by atoms with E-state index in [0.717, 1.165) is 0 Å². The van der Waals surface area contributed by atoms with Crippen LogP contribution in [-0.4, -0.2) is 16.9 Å². The van der Waals surface area contributed by atoms with Crippen molar-refractivity contribution in [2.24, 2.45) is 16.5 Å². The zero-order valence-electron chi connectivity index (χ0n) is 4.70. The Labute approximate surface area is 52.1 Å². The molecule has 1 heterocycles. The third-order valence-electron chi connectivity index (χ3n) is 0.859. The average molecular weight is 128 g/mol. The number of hydrogen-bond donors (Lipinski definition) is 4. The molecule has 1 atom stereocenters. The maximum absolute atomic E-state index is 8.93. The van der Waals surface area contributed by atoms with Crippen LogP contribution in [0.2, 0.25) is 0 Å². The maximum atomic E-state index is 8.93. The van der Waals surface area contributed by atoms with Gasteiger partial charge in [0, 0.05) is 12.3 Å². The van der Waals surface area contributed by atoms with Crippen LogP contribution in [0.1, 0.15) is 0 Å². The molecule has 0 saturated carbocycles. The highest BCUT2D eigenvalue weighted by atomic mass is 16.3. The van der Waals surface area contributed by atoms with Crippen molar-refractivity contribution in [3.8, 4) is 0 Å². The molecule has 5 nitrogen and oxygen atoms in total. The standard InChI is InChI=1S/C4H8N4O/c5-3-7-2-1-4(6,9)8-3/h1-2,9H,6H2,(H3,5,7,8)/t4-/m1/s1. The van der Waals surface area contributed by atoms with E-state index in [0.29, 0.717) is 0 Å². The number of hydrogen-bond acceptors (Lipinski definition) is 5. The Bertz CT molecular complexity index is 171. The van der Waals surface area contributed by atoms with Gasteiger partial charge in [0.15, 0.2) is 5.96 Å². The molecule has 1 aliphatic heterocycles. The van der Waals surface area contributed by atoms with Gasteiger partial charge >= 0.3 is 0 Å². The van der Waals surface area contributed by atoms with Gasteiger partial charge in [0.1, 0.15) is 0 Å². The maximum Gasteiger partial charge on any atom is 0.236 e. The highest BCUT2D eigenvalue weighted by Crippen LogP contribution is 2.00. The van der Waals surface area contributed by atoms with Crippen LogP contribution < -0.4 is 16.8 Å². The number of rotatable bonds is 0. The van der Waals surface area contributed by atoms with Crippen LogP contribution in [0.4, 0.5) is 0 Å². The van der Waals surface area contributed by atoms with Gasteiger partial charge in [-0.2, -0.15) is 4.99 Å². The van der Waals surface area contributed by atoms with E-state index in [-0.39, 0.29) is 5.96 Å². The summed E-state index contributed by atoms with van der Waals surface area (Å²) in [5.41, 5.74) is 10.3. The summed E-state index contributed by atoms with van der Waals surface area (Å²) in [5.74, 6) is -1.52. The van der Waals surface area contributed by atoms with Crippen molar-refractivity contribution in [1.82, 2.24) is 5.32 Å². The first kappa shape index (κ1) is 6.06. The van der Waals surface area contributed by atoms with Crippen LogP contribution >= 0.6 is 0 Å². The first-order valence-corrected chi connectivity index (χ1v) is 2.41. The minimum Gasteiger partial charge on any atom is -0.370 e. The first-order chi connectivity index (χ1) is 4.10. The average Bonchev–Trinajstić information content (AvgIpc) is 1.60. The molecule has 0 radical (unpaired) electrons. The van der Waals surface area contributed by atoms with Crippen LogP contribution in [0, 0.1) is 0 Å². The number of aliphatic imine (C=N–C) groups is 1. The van der Waals surface area contributed by atoms with Crippen LogP contribution in [0.3, 0.4) is 0 Å². The summed E-state index contributed by atoms with van der Waals surface area (Å²) in [5, 5.41) is 11.5. The lowest BCUT2D eigenvalue weighted by Crippen LogP contribution is -2.44. The van der Waals surface area contributed by atoms with E-state index in [4.69, 9.17) is 16.6 Å². The monoisotopic (exact) mass is 128 g/mol. The second-order valence-corrected chi connectivity index (χ2v) is 1.76. The number of nitrogens with one attached hydrogen (secondary N) is 1. The van der Waals surface area contributed by atoms with E-state index in [1.54, 1.807) is 0 Å². The van der Waals surface area contributed by atoms with Crippen molar-refractivity contribution in [3.05, 3.63) is 12.3 Å². The topological polar surface area (TPSA) is 96.7 Å². The fraction of sp³-hybridized carbons (Fsp3) is 0.250. The molecule has 1 rings (SSSR count). The normalized spacial score (nSPS) is 33.3. The fourth-order valence-electron chi connectivity index (χ4n) is 0.512. The highest BCUT2D eigenvalue weighted by molar-refractivity contribution is 5.80. The largest absolute Gasteiger partial charge is 0.370 e. The summed E-state index contributed by atoms with van der Waals surface area (Å²) < 4.78 is 0. The third kappa shape index (κ3) is 1.41. The zero-order chi connectivity index (χ0) is 6.91. The second-order valence-electron chi connectivity index (χ2n) is 1.76. The van der Waals surface area contributed by atoms with Crippen molar-refractivity contribution >= 4 is 5.96 Å². The van der Waals surface area contributed by atoms with Gasteiger partial charge in [-0.15, -0.1) is 0 Å². The quantitative estimate of drug-likeness (QED) is 0.284. The summed E-state index contributed by atoms with van der Waals surface area (Å²) >= 11 is 0. The van der Waals surface area contributed by atoms with Gasteiger partial charge in [0.05, 0.1) is 0 Å². The molecule has 1 aliphatic rings. The Balaban J connectivity index is 2.78. The van der Waals surface area contributed by atoms with Gasteiger partial charge in [-0.1, -0.05) is 0 Å². The number of nitrogens with two attached hydrogens (primary N) is 2. The molecule has 0 spiro atoms. The molecular weight excluding hydrogens is 120 g/mol. The zero-order valence-corrected chi connectivity index (χ0v) is 4.70. The molecule has 6 N–H and O–H groups in total. The summed E-state index contributed by atoms with van der Waals surface area (Å²) in [6, 6.07) is 0. The minimum atomic E-state index is -1.63. The molecule has 0 saturated heterocycles. The van der Waals surface area contributed by atoms with Crippen molar-refractivity contribution in [2.45, 2.75) is 5.85 Å². The van der Waals surface area contributed by atoms with E-state index >= 15 is 0 Å². The summed E-state index contributed by atoms with van der Waals surface area (Å²) in [6.45, 7) is 0. The Hall–Kier alpha value is -1.07. The smallest absolute Gasteiger partial charge is 0.236 e. The van der Waals surface area contributed by atoms with Crippen LogP contribution in [0.5, 0.6) is 0 Å². The van der Waals surface area contributed by atoms with Crippen molar-refractivity contribution in [3.63, 3.8) is 0 Å². The predicted octanol–water partition coefficient (Wildman–Crippen LogP) is -1.98. The van der Waals surface area contributed by atoms with Gasteiger partial charge in [0.2, 0.25) is 5.85 Å². The Kier molecular flexibility index (Phi) is 1.15. The van der Waals surface area contributed by atoms with E-state index in [1.165, 1.54) is 12.3 Å². The first-order valence-electron chi connectivity index (χ1n) is 2.41. The lowest BCUT2D eigenvalue weighted by molar-refractivity contribution is 0.106. The Morgan fingerprint density at radius 3 is 2.78 bits per heavy atom. The minimum absolute atomic E-state index is 0.113. The summed E-state index contributed by atoms with van der Waals surface area (Å²) in [7, 11) is 0. The Morgan fingerprint density at radius 2 is 2.44 bits per heavy atom. The van der Waals surface area contributed by atoms with Gasteiger partial charge in [-0.3, -0.25) is 5.73 Å². The molecular formula is C4H8N4O. The van der Waals surface area contributed by atoms with Crippen molar-refractivity contribution in [2.75, 3.05) is 0 Å². The predicted molar refractivity (Wildman–Crippen MR) is 33.0 cm³/mol. The molecule has 50 valence electrons. The van der Waals surface area contributed by atoms with Gasteiger partial charge in [-0.05, 0) is 0 Å². The van der Waals surface area contributed by atoms with Crippen LogP contribution in [0.25, 0.3) is 0 Å². The summed E-state index contributed by atoms with van der Waals surface area (Å²) in [6.07, 6.45) is 2.73. The second kappa shape index (κ2) is 1.71. The number of nitrogens with zero attached hydrogens (tertiary/aromatic N) is 1. The molecule has 0 aromatic carbocycles. The highest BCUT2D eigenvalue weighted by Gasteiger charge is 2.17. The van der Waals surface area contributed by atoms with E-state index in [1.807, 2.05) is 0 Å².